The van der Waals surface area contributed by atoms with Gasteiger partial charge >= 0.3 is 6.18 Å². The van der Waals surface area contributed by atoms with E-state index >= 15 is 0 Å². The Balaban J connectivity index is 1.92. The molecule has 1 aliphatic heterocycles. The fourth-order valence-electron chi connectivity index (χ4n) is 2.06. The molecule has 0 aliphatic carbocycles. The van der Waals surface area contributed by atoms with Gasteiger partial charge in [0.1, 0.15) is 0 Å². The minimum absolute atomic E-state index is 0.149. The van der Waals surface area contributed by atoms with E-state index in [9.17, 15) is 21.6 Å². The van der Waals surface area contributed by atoms with E-state index in [1.807, 2.05) is 4.90 Å². The Morgan fingerprint density at radius 2 is 1.95 bits per heavy atom. The first-order chi connectivity index (χ1) is 10.3. The molecule has 1 saturated heterocycles. The van der Waals surface area contributed by atoms with E-state index < -0.39 is 28.4 Å². The van der Waals surface area contributed by atoms with Crippen LogP contribution >= 0.6 is 0 Å². The van der Waals surface area contributed by atoms with E-state index in [2.05, 4.69) is 14.7 Å². The number of sulfonamides is 1. The molecule has 2 heterocycles. The van der Waals surface area contributed by atoms with Crippen LogP contribution in [-0.2, 0) is 16.6 Å². The van der Waals surface area contributed by atoms with Crippen molar-refractivity contribution < 1.29 is 21.6 Å². The average Bonchev–Trinajstić information content (AvgIpc) is 2.97. The third kappa shape index (κ3) is 5.41. The molecule has 0 spiro atoms. The normalized spacial score (nSPS) is 16.2. The molecule has 2 rings (SSSR count). The number of nitrogens with one attached hydrogen (secondary N) is 1. The second-order valence-electron chi connectivity index (χ2n) is 5.05. The van der Waals surface area contributed by atoms with Gasteiger partial charge in [-0.25, -0.2) is 23.1 Å². The van der Waals surface area contributed by atoms with Crippen LogP contribution in [0.15, 0.2) is 12.3 Å². The summed E-state index contributed by atoms with van der Waals surface area (Å²) in [5.41, 5.74) is 0.424. The van der Waals surface area contributed by atoms with E-state index in [1.54, 1.807) is 0 Å². The number of hydrogen-bond acceptors (Lipinski definition) is 5. The molecular formula is C12H17F3N4O2S. The van der Waals surface area contributed by atoms with Crippen molar-refractivity contribution in [3.05, 3.63) is 18.0 Å². The lowest BCUT2D eigenvalue weighted by atomic mass is 10.4. The lowest BCUT2D eigenvalue weighted by Gasteiger charge is -2.15. The molecular weight excluding hydrogens is 321 g/mol. The summed E-state index contributed by atoms with van der Waals surface area (Å²) < 4.78 is 61.4. The van der Waals surface area contributed by atoms with Gasteiger partial charge in [0.2, 0.25) is 16.0 Å². The Kier molecular flexibility index (Phi) is 5.22. The third-order valence-electron chi connectivity index (χ3n) is 3.22. The number of nitrogens with zero attached hydrogens (tertiary/aromatic N) is 3. The molecule has 22 heavy (non-hydrogen) atoms. The Morgan fingerprint density at radius 1 is 1.27 bits per heavy atom. The number of aromatic nitrogens is 2. The van der Waals surface area contributed by atoms with Crippen molar-refractivity contribution in [2.45, 2.75) is 32.0 Å². The third-order valence-corrected chi connectivity index (χ3v) is 4.54. The molecule has 1 aromatic heterocycles. The Morgan fingerprint density at radius 3 is 2.59 bits per heavy atom. The largest absolute Gasteiger partial charge is 0.390 e. The van der Waals surface area contributed by atoms with Gasteiger partial charge in [0.25, 0.3) is 0 Å². The van der Waals surface area contributed by atoms with Crippen molar-refractivity contribution >= 4 is 16.0 Å². The highest BCUT2D eigenvalue weighted by atomic mass is 32.2. The van der Waals surface area contributed by atoms with Gasteiger partial charge in [-0.1, -0.05) is 0 Å². The topological polar surface area (TPSA) is 75.2 Å². The lowest BCUT2D eigenvalue weighted by molar-refractivity contribution is -0.129. The molecule has 0 saturated carbocycles. The minimum Gasteiger partial charge on any atom is -0.341 e. The van der Waals surface area contributed by atoms with Gasteiger partial charge in [-0.15, -0.1) is 0 Å². The molecule has 0 amide bonds. The molecule has 1 fully saturated rings. The van der Waals surface area contributed by atoms with Crippen LogP contribution in [0.3, 0.4) is 0 Å². The van der Waals surface area contributed by atoms with E-state index in [0.717, 1.165) is 25.9 Å². The lowest BCUT2D eigenvalue weighted by Crippen LogP contribution is -2.29. The molecule has 0 bridgehead atoms. The van der Waals surface area contributed by atoms with Crippen molar-refractivity contribution in [1.29, 1.82) is 0 Å². The molecule has 0 atom stereocenters. The summed E-state index contributed by atoms with van der Waals surface area (Å²) in [4.78, 5) is 10.3. The van der Waals surface area contributed by atoms with Crippen LogP contribution in [0.5, 0.6) is 0 Å². The van der Waals surface area contributed by atoms with Crippen LogP contribution in [0.25, 0.3) is 0 Å². The van der Waals surface area contributed by atoms with Gasteiger partial charge in [0, 0.05) is 19.3 Å². The van der Waals surface area contributed by atoms with Crippen molar-refractivity contribution in [3.8, 4) is 0 Å². The van der Waals surface area contributed by atoms with Gasteiger partial charge in [0.05, 0.1) is 24.4 Å². The zero-order chi connectivity index (χ0) is 16.2. The maximum absolute atomic E-state index is 12.1. The maximum atomic E-state index is 12.1. The van der Waals surface area contributed by atoms with Crippen molar-refractivity contribution in [1.82, 2.24) is 14.7 Å². The van der Waals surface area contributed by atoms with Crippen molar-refractivity contribution in [3.63, 3.8) is 0 Å². The molecule has 1 N–H and O–H groups in total. The number of alkyl halides is 3. The molecule has 0 radical (unpaired) electrons. The van der Waals surface area contributed by atoms with Crippen molar-refractivity contribution in [2.75, 3.05) is 23.7 Å². The number of anilines is 1. The standard InChI is InChI=1S/C12H17F3N4O2S/c13-12(14,15)4-8-22(20,21)17-9-10-3-5-16-11(18-10)19-6-1-2-7-19/h3,5,17H,1-2,4,6-9H2. The van der Waals surface area contributed by atoms with Crippen LogP contribution < -0.4 is 9.62 Å². The summed E-state index contributed by atoms with van der Waals surface area (Å²) in [5.74, 6) is -0.468. The zero-order valence-electron chi connectivity index (χ0n) is 11.8. The molecule has 124 valence electrons. The quantitative estimate of drug-likeness (QED) is 0.850. The van der Waals surface area contributed by atoms with Gasteiger partial charge in [-0.05, 0) is 18.9 Å². The summed E-state index contributed by atoms with van der Waals surface area (Å²) >= 11 is 0. The second kappa shape index (κ2) is 6.78. The highest BCUT2D eigenvalue weighted by Gasteiger charge is 2.29. The fourth-order valence-corrected chi connectivity index (χ4v) is 3.07. The summed E-state index contributed by atoms with van der Waals surface area (Å²) in [6.07, 6.45) is -2.24. The molecule has 0 aromatic carbocycles. The number of hydrogen-bond donors (Lipinski definition) is 1. The predicted molar refractivity (Wildman–Crippen MR) is 74.8 cm³/mol. The minimum atomic E-state index is -4.49. The molecule has 6 nitrogen and oxygen atoms in total. The Hall–Kier alpha value is -1.42. The smallest absolute Gasteiger partial charge is 0.341 e. The molecule has 10 heteroatoms. The first-order valence-electron chi connectivity index (χ1n) is 6.86. The van der Waals surface area contributed by atoms with Crippen LogP contribution in [-0.4, -0.2) is 43.4 Å². The summed E-state index contributed by atoms with van der Waals surface area (Å²) in [6, 6.07) is 1.53. The predicted octanol–water partition coefficient (Wildman–Crippen LogP) is 1.45. The highest BCUT2D eigenvalue weighted by Crippen LogP contribution is 2.20. The van der Waals surface area contributed by atoms with E-state index in [4.69, 9.17) is 0 Å². The van der Waals surface area contributed by atoms with Gasteiger partial charge in [-0.3, -0.25) is 0 Å². The first-order valence-corrected chi connectivity index (χ1v) is 8.51. The Bertz CT molecular complexity index is 601. The maximum Gasteiger partial charge on any atom is 0.390 e. The van der Waals surface area contributed by atoms with Crippen LogP contribution in [0, 0.1) is 0 Å². The summed E-state index contributed by atoms with van der Waals surface area (Å²) in [7, 11) is -3.99. The highest BCUT2D eigenvalue weighted by molar-refractivity contribution is 7.89. The molecule has 1 aliphatic rings. The Labute approximate surface area is 126 Å². The average molecular weight is 338 g/mol. The fraction of sp³-hybridized carbons (Fsp3) is 0.667. The van der Waals surface area contributed by atoms with E-state index in [0.29, 0.717) is 11.6 Å². The van der Waals surface area contributed by atoms with Crippen LogP contribution in [0.2, 0.25) is 0 Å². The second-order valence-corrected chi connectivity index (χ2v) is 6.97. The molecule has 0 unspecified atom stereocenters. The van der Waals surface area contributed by atoms with Gasteiger partial charge < -0.3 is 4.90 Å². The van der Waals surface area contributed by atoms with Gasteiger partial charge in [0.15, 0.2) is 0 Å². The summed E-state index contributed by atoms with van der Waals surface area (Å²) in [5, 5.41) is 0. The van der Waals surface area contributed by atoms with E-state index in [-0.39, 0.29) is 6.54 Å². The van der Waals surface area contributed by atoms with E-state index in [1.165, 1.54) is 12.3 Å². The van der Waals surface area contributed by atoms with Crippen LogP contribution in [0.1, 0.15) is 25.0 Å². The number of halogens is 3. The zero-order valence-corrected chi connectivity index (χ0v) is 12.6. The van der Waals surface area contributed by atoms with Gasteiger partial charge in [-0.2, -0.15) is 13.2 Å². The number of rotatable bonds is 6. The first kappa shape index (κ1) is 16.9. The summed E-state index contributed by atoms with van der Waals surface area (Å²) in [6.45, 7) is 1.55. The molecule has 1 aromatic rings. The van der Waals surface area contributed by atoms with Crippen LogP contribution in [0.4, 0.5) is 19.1 Å². The monoisotopic (exact) mass is 338 g/mol. The van der Waals surface area contributed by atoms with Crippen molar-refractivity contribution in [2.24, 2.45) is 0 Å². The SMILES string of the molecule is O=S(=O)(CCC(F)(F)F)NCc1ccnc(N2CCCC2)n1.